The summed E-state index contributed by atoms with van der Waals surface area (Å²) in [5.41, 5.74) is 0.565. The second kappa shape index (κ2) is 2.77. The molecule has 0 unspecified atom stereocenters. The number of carbonyl (C=O) groups is 1. The molecule has 2 aromatic heterocycles. The van der Waals surface area contributed by atoms with Gasteiger partial charge in [-0.25, -0.2) is 14.3 Å². The molecule has 2 aromatic rings. The Morgan fingerprint density at radius 2 is 2.38 bits per heavy atom. The maximum absolute atomic E-state index is 10.5. The Morgan fingerprint density at radius 1 is 1.62 bits per heavy atom. The molecule has 13 heavy (non-hydrogen) atoms. The zero-order valence-corrected chi connectivity index (χ0v) is 7.76. The van der Waals surface area contributed by atoms with E-state index in [9.17, 15) is 4.79 Å². The first-order valence-corrected chi connectivity index (χ1v) is 4.07. The molecule has 0 aromatic carbocycles. The van der Waals surface area contributed by atoms with Crippen molar-refractivity contribution in [2.45, 2.75) is 0 Å². The lowest BCUT2D eigenvalue weighted by molar-refractivity contribution is 0.0695. The van der Waals surface area contributed by atoms with E-state index in [0.29, 0.717) is 10.3 Å². The van der Waals surface area contributed by atoms with Crippen molar-refractivity contribution >= 4 is 27.5 Å². The normalized spacial score (nSPS) is 10.5. The van der Waals surface area contributed by atoms with E-state index in [1.54, 1.807) is 0 Å². The van der Waals surface area contributed by atoms with Crippen molar-refractivity contribution < 1.29 is 9.90 Å². The minimum atomic E-state index is -1.04. The Hall–Kier alpha value is -1.50. The number of rotatable bonds is 1. The molecular formula is C6H3BrN4O2. The standard InChI is InChI=1S/C6H3BrN4O2/c7-4-5-8-1-3(6(12)13)2-11(5)10-9-4/h1-2H,(H,12,13). The average molecular weight is 243 g/mol. The smallest absolute Gasteiger partial charge is 0.338 e. The molecule has 2 rings (SSSR count). The molecule has 0 saturated carbocycles. The first-order valence-electron chi connectivity index (χ1n) is 3.28. The SMILES string of the molecule is O=C(O)c1cnc2c(Br)nnn2c1. The molecule has 7 heteroatoms. The molecule has 1 N–H and O–H groups in total. The highest BCUT2D eigenvalue weighted by Crippen LogP contribution is 2.11. The van der Waals surface area contributed by atoms with Gasteiger partial charge in [0.15, 0.2) is 10.3 Å². The molecule has 0 fully saturated rings. The predicted octanol–water partition coefficient (Wildman–Crippen LogP) is 0.585. The van der Waals surface area contributed by atoms with Crippen LogP contribution in [0, 0.1) is 0 Å². The van der Waals surface area contributed by atoms with Crippen LogP contribution in [0.1, 0.15) is 10.4 Å². The first kappa shape index (κ1) is 8.11. The van der Waals surface area contributed by atoms with Crippen molar-refractivity contribution in [1.82, 2.24) is 19.8 Å². The Labute approximate surface area is 80.3 Å². The molecular weight excluding hydrogens is 240 g/mol. The van der Waals surface area contributed by atoms with E-state index in [0.717, 1.165) is 0 Å². The van der Waals surface area contributed by atoms with Crippen LogP contribution in [0.25, 0.3) is 5.65 Å². The van der Waals surface area contributed by atoms with Crippen LogP contribution in [-0.2, 0) is 0 Å². The Balaban J connectivity index is 2.70. The molecule has 0 amide bonds. The number of aromatic nitrogens is 4. The number of fused-ring (bicyclic) bond motifs is 1. The van der Waals surface area contributed by atoms with E-state index in [1.807, 2.05) is 0 Å². The lowest BCUT2D eigenvalue weighted by Crippen LogP contribution is -2.01. The summed E-state index contributed by atoms with van der Waals surface area (Å²) in [6.45, 7) is 0. The van der Waals surface area contributed by atoms with Crippen molar-refractivity contribution in [3.63, 3.8) is 0 Å². The fraction of sp³-hybridized carbons (Fsp3) is 0. The summed E-state index contributed by atoms with van der Waals surface area (Å²) in [4.78, 5) is 14.4. The Bertz CT molecular complexity index is 480. The summed E-state index contributed by atoms with van der Waals surface area (Å²) in [5.74, 6) is -1.04. The first-order chi connectivity index (χ1) is 6.18. The van der Waals surface area contributed by atoms with E-state index >= 15 is 0 Å². The molecule has 0 aliphatic rings. The maximum Gasteiger partial charge on any atom is 0.338 e. The molecule has 6 nitrogen and oxygen atoms in total. The van der Waals surface area contributed by atoms with Crippen molar-refractivity contribution in [1.29, 1.82) is 0 Å². The fourth-order valence-electron chi connectivity index (χ4n) is 0.875. The molecule has 0 atom stereocenters. The maximum atomic E-state index is 10.5. The van der Waals surface area contributed by atoms with Crippen molar-refractivity contribution in [2.24, 2.45) is 0 Å². The number of hydrogen-bond donors (Lipinski definition) is 1. The lowest BCUT2D eigenvalue weighted by atomic mass is 10.3. The minimum absolute atomic E-state index is 0.0740. The Morgan fingerprint density at radius 3 is 3.08 bits per heavy atom. The monoisotopic (exact) mass is 242 g/mol. The van der Waals surface area contributed by atoms with Crippen LogP contribution in [0.2, 0.25) is 0 Å². The van der Waals surface area contributed by atoms with Crippen LogP contribution < -0.4 is 0 Å². The van der Waals surface area contributed by atoms with E-state index < -0.39 is 5.97 Å². The van der Waals surface area contributed by atoms with Gasteiger partial charge in [-0.05, 0) is 15.9 Å². The van der Waals surface area contributed by atoms with Gasteiger partial charge in [0.1, 0.15) is 0 Å². The molecule has 0 saturated heterocycles. The van der Waals surface area contributed by atoms with Crippen molar-refractivity contribution in [3.05, 3.63) is 22.6 Å². The number of halogens is 1. The number of hydrogen-bond acceptors (Lipinski definition) is 4. The third-order valence-electron chi connectivity index (χ3n) is 1.46. The predicted molar refractivity (Wildman–Crippen MR) is 45.4 cm³/mol. The van der Waals surface area contributed by atoms with Gasteiger partial charge in [0.25, 0.3) is 0 Å². The molecule has 0 aliphatic heterocycles. The fourth-order valence-corrected chi connectivity index (χ4v) is 1.23. The Kier molecular flexibility index (Phi) is 1.73. The summed E-state index contributed by atoms with van der Waals surface area (Å²) in [6.07, 6.45) is 2.61. The quantitative estimate of drug-likeness (QED) is 0.792. The number of nitrogens with zero attached hydrogens (tertiary/aromatic N) is 4. The van der Waals surface area contributed by atoms with Crippen molar-refractivity contribution in [3.8, 4) is 0 Å². The average Bonchev–Trinajstić information content (AvgIpc) is 2.47. The lowest BCUT2D eigenvalue weighted by Gasteiger charge is -1.93. The van der Waals surface area contributed by atoms with Gasteiger partial charge in [-0.15, -0.1) is 5.10 Å². The highest BCUT2D eigenvalue weighted by Gasteiger charge is 2.08. The van der Waals surface area contributed by atoms with E-state index in [4.69, 9.17) is 5.11 Å². The summed E-state index contributed by atoms with van der Waals surface area (Å²) in [7, 11) is 0. The number of carboxylic acids is 1. The topological polar surface area (TPSA) is 80.4 Å². The van der Waals surface area contributed by atoms with Gasteiger partial charge in [0, 0.05) is 12.4 Å². The second-order valence-electron chi connectivity index (χ2n) is 2.30. The van der Waals surface area contributed by atoms with Gasteiger partial charge in [-0.2, -0.15) is 0 Å². The summed E-state index contributed by atoms with van der Waals surface area (Å²) >= 11 is 3.12. The molecule has 0 spiro atoms. The molecule has 0 bridgehead atoms. The molecule has 2 heterocycles. The van der Waals surface area contributed by atoms with Crippen LogP contribution in [-0.4, -0.2) is 30.9 Å². The van der Waals surface area contributed by atoms with Crippen LogP contribution in [0.4, 0.5) is 0 Å². The largest absolute Gasteiger partial charge is 0.478 e. The molecule has 0 aliphatic carbocycles. The zero-order valence-electron chi connectivity index (χ0n) is 6.18. The zero-order chi connectivity index (χ0) is 9.42. The van der Waals surface area contributed by atoms with Crippen LogP contribution in [0.15, 0.2) is 17.0 Å². The number of aromatic carboxylic acids is 1. The van der Waals surface area contributed by atoms with Crippen molar-refractivity contribution in [2.75, 3.05) is 0 Å². The van der Waals surface area contributed by atoms with E-state index in [2.05, 4.69) is 31.2 Å². The highest BCUT2D eigenvalue weighted by atomic mass is 79.9. The van der Waals surface area contributed by atoms with Crippen LogP contribution in [0.5, 0.6) is 0 Å². The van der Waals surface area contributed by atoms with E-state index in [1.165, 1.54) is 16.9 Å². The summed E-state index contributed by atoms with van der Waals surface area (Å²) < 4.78 is 1.79. The minimum Gasteiger partial charge on any atom is -0.478 e. The van der Waals surface area contributed by atoms with Crippen LogP contribution >= 0.6 is 15.9 Å². The third kappa shape index (κ3) is 1.26. The summed E-state index contributed by atoms with van der Waals surface area (Å²) in [5, 5.41) is 16.0. The van der Waals surface area contributed by atoms with Gasteiger partial charge < -0.3 is 5.11 Å². The van der Waals surface area contributed by atoms with Gasteiger partial charge in [0.2, 0.25) is 0 Å². The molecule has 0 radical (unpaired) electrons. The van der Waals surface area contributed by atoms with Gasteiger partial charge in [0.05, 0.1) is 5.56 Å². The third-order valence-corrected chi connectivity index (χ3v) is 1.98. The number of carboxylic acid groups (broad SMARTS) is 1. The molecule has 66 valence electrons. The van der Waals surface area contributed by atoms with E-state index in [-0.39, 0.29) is 5.56 Å². The van der Waals surface area contributed by atoms with Gasteiger partial charge in [-0.3, -0.25) is 0 Å². The highest BCUT2D eigenvalue weighted by molar-refractivity contribution is 9.10. The van der Waals surface area contributed by atoms with Gasteiger partial charge >= 0.3 is 5.97 Å². The summed E-state index contributed by atoms with van der Waals surface area (Å²) in [6, 6.07) is 0. The van der Waals surface area contributed by atoms with Gasteiger partial charge in [-0.1, -0.05) is 5.21 Å². The van der Waals surface area contributed by atoms with Crippen LogP contribution in [0.3, 0.4) is 0 Å². The second-order valence-corrected chi connectivity index (χ2v) is 3.05.